The highest BCUT2D eigenvalue weighted by molar-refractivity contribution is 6.33. The van der Waals surface area contributed by atoms with Crippen molar-refractivity contribution in [3.63, 3.8) is 0 Å². The molecule has 1 heterocycles. The Hall–Kier alpha value is -2.54. The molecule has 0 fully saturated rings. The van der Waals surface area contributed by atoms with Crippen molar-refractivity contribution in [2.45, 2.75) is 20.3 Å². The van der Waals surface area contributed by atoms with Gasteiger partial charge in [-0.2, -0.15) is 9.97 Å². The van der Waals surface area contributed by atoms with E-state index in [4.69, 9.17) is 30.5 Å². The summed E-state index contributed by atoms with van der Waals surface area (Å²) in [5, 5.41) is 0.129. The number of rotatable bonds is 7. The van der Waals surface area contributed by atoms with Crippen molar-refractivity contribution >= 4 is 17.6 Å². The molecule has 134 valence electrons. The first kappa shape index (κ1) is 18.8. The van der Waals surface area contributed by atoms with Crippen LogP contribution in [-0.4, -0.2) is 36.8 Å². The van der Waals surface area contributed by atoms with Crippen LogP contribution >= 0.6 is 11.6 Å². The maximum Gasteiger partial charge on any atom is 0.341 e. The van der Waals surface area contributed by atoms with Crippen molar-refractivity contribution in [3.05, 3.63) is 34.3 Å². The lowest BCUT2D eigenvalue weighted by Gasteiger charge is -2.13. The van der Waals surface area contributed by atoms with E-state index in [2.05, 4.69) is 9.97 Å². The van der Waals surface area contributed by atoms with E-state index in [1.165, 1.54) is 14.2 Å². The van der Waals surface area contributed by atoms with Crippen molar-refractivity contribution in [2.24, 2.45) is 0 Å². The number of carbonyl (C=O) groups excluding carboxylic acids is 1. The van der Waals surface area contributed by atoms with Crippen LogP contribution in [0.25, 0.3) is 0 Å². The molecular formula is C17H19ClN2O5. The molecule has 0 aliphatic heterocycles. The minimum atomic E-state index is -0.478. The molecule has 0 saturated heterocycles. The zero-order chi connectivity index (χ0) is 18.4. The van der Waals surface area contributed by atoms with Crippen LogP contribution in [-0.2, 0) is 4.74 Å². The van der Waals surface area contributed by atoms with Gasteiger partial charge in [-0.15, -0.1) is 0 Å². The van der Waals surface area contributed by atoms with E-state index in [0.29, 0.717) is 12.4 Å². The van der Waals surface area contributed by atoms with Gasteiger partial charge in [-0.25, -0.2) is 4.79 Å². The standard InChI is InChI=1S/C17H19ClN2O5/c1-5-9-24-16(21)11-8-6-7-10(2)13(11)25-17-19-14(22-3)12(18)15(20-17)23-4/h6-8H,5,9H2,1-4H3. The average Bonchev–Trinajstić information content (AvgIpc) is 2.62. The Morgan fingerprint density at radius 3 is 2.36 bits per heavy atom. The van der Waals surface area contributed by atoms with Gasteiger partial charge in [0.2, 0.25) is 11.8 Å². The van der Waals surface area contributed by atoms with Gasteiger partial charge in [0.1, 0.15) is 11.3 Å². The van der Waals surface area contributed by atoms with E-state index in [-0.39, 0.29) is 28.4 Å². The van der Waals surface area contributed by atoms with Crippen molar-refractivity contribution in [1.82, 2.24) is 9.97 Å². The van der Waals surface area contributed by atoms with Crippen LogP contribution in [0.3, 0.4) is 0 Å². The fourth-order valence-electron chi connectivity index (χ4n) is 2.02. The van der Waals surface area contributed by atoms with E-state index in [1.807, 2.05) is 6.92 Å². The molecule has 2 rings (SSSR count). The first-order chi connectivity index (χ1) is 12.0. The number of hydrogen-bond acceptors (Lipinski definition) is 7. The fourth-order valence-corrected chi connectivity index (χ4v) is 2.26. The van der Waals surface area contributed by atoms with Crippen LogP contribution in [0.4, 0.5) is 0 Å². The lowest BCUT2D eigenvalue weighted by Crippen LogP contribution is -2.09. The molecule has 0 aliphatic rings. The number of nitrogens with zero attached hydrogens (tertiary/aromatic N) is 2. The van der Waals surface area contributed by atoms with E-state index in [1.54, 1.807) is 25.1 Å². The topological polar surface area (TPSA) is 79.8 Å². The second kappa shape index (κ2) is 8.53. The first-order valence-corrected chi connectivity index (χ1v) is 7.99. The molecule has 0 radical (unpaired) electrons. The Kier molecular flexibility index (Phi) is 6.41. The molecule has 0 amide bonds. The fraction of sp³-hybridized carbons (Fsp3) is 0.353. The highest BCUT2D eigenvalue weighted by Gasteiger charge is 2.20. The molecule has 7 nitrogen and oxygen atoms in total. The number of esters is 1. The van der Waals surface area contributed by atoms with Gasteiger partial charge in [-0.05, 0) is 25.0 Å². The third-order valence-corrected chi connectivity index (χ3v) is 3.54. The molecule has 2 aromatic rings. The Bertz CT molecular complexity index is 742. The number of carbonyl (C=O) groups is 1. The van der Waals surface area contributed by atoms with Gasteiger partial charge in [-0.1, -0.05) is 30.7 Å². The molecule has 0 N–H and O–H groups in total. The van der Waals surface area contributed by atoms with Gasteiger partial charge in [0.15, 0.2) is 5.02 Å². The van der Waals surface area contributed by atoms with Crippen LogP contribution in [0.15, 0.2) is 18.2 Å². The predicted octanol–water partition coefficient (Wildman–Crippen LogP) is 3.81. The van der Waals surface area contributed by atoms with E-state index >= 15 is 0 Å². The highest BCUT2D eigenvalue weighted by atomic mass is 35.5. The molecule has 25 heavy (non-hydrogen) atoms. The lowest BCUT2D eigenvalue weighted by molar-refractivity contribution is 0.0502. The summed E-state index contributed by atoms with van der Waals surface area (Å²) in [6.45, 7) is 4.04. The van der Waals surface area contributed by atoms with E-state index in [0.717, 1.165) is 12.0 Å². The maximum absolute atomic E-state index is 12.3. The molecule has 8 heteroatoms. The van der Waals surface area contributed by atoms with Gasteiger partial charge in [0.25, 0.3) is 0 Å². The third-order valence-electron chi connectivity index (χ3n) is 3.22. The SMILES string of the molecule is CCCOC(=O)c1cccc(C)c1Oc1nc(OC)c(Cl)c(OC)n1. The number of methoxy groups -OCH3 is 2. The Labute approximate surface area is 150 Å². The predicted molar refractivity (Wildman–Crippen MR) is 92.0 cm³/mol. The zero-order valence-electron chi connectivity index (χ0n) is 14.5. The Morgan fingerprint density at radius 2 is 1.80 bits per heavy atom. The van der Waals surface area contributed by atoms with Crippen molar-refractivity contribution in [1.29, 1.82) is 0 Å². The highest BCUT2D eigenvalue weighted by Crippen LogP contribution is 2.35. The summed E-state index contributed by atoms with van der Waals surface area (Å²) in [6, 6.07) is 5.10. The summed E-state index contributed by atoms with van der Waals surface area (Å²) in [6.07, 6.45) is 0.725. The van der Waals surface area contributed by atoms with E-state index in [9.17, 15) is 4.79 Å². The van der Waals surface area contributed by atoms with Crippen LogP contribution in [0.1, 0.15) is 29.3 Å². The molecule has 1 aromatic carbocycles. The normalized spacial score (nSPS) is 10.3. The monoisotopic (exact) mass is 366 g/mol. The molecular weight excluding hydrogens is 348 g/mol. The molecule has 0 atom stereocenters. The second-order valence-electron chi connectivity index (χ2n) is 5.03. The van der Waals surface area contributed by atoms with Crippen molar-refractivity contribution in [2.75, 3.05) is 20.8 Å². The van der Waals surface area contributed by atoms with Crippen LogP contribution in [0.2, 0.25) is 5.02 Å². The smallest absolute Gasteiger partial charge is 0.341 e. The summed E-state index contributed by atoms with van der Waals surface area (Å²) >= 11 is 6.05. The number of aromatic nitrogens is 2. The second-order valence-corrected chi connectivity index (χ2v) is 5.41. The zero-order valence-corrected chi connectivity index (χ0v) is 15.2. The minimum Gasteiger partial charge on any atom is -0.480 e. The van der Waals surface area contributed by atoms with Gasteiger partial charge < -0.3 is 18.9 Å². The number of halogens is 1. The summed E-state index contributed by atoms with van der Waals surface area (Å²) in [4.78, 5) is 20.4. The quantitative estimate of drug-likeness (QED) is 0.689. The van der Waals surface area contributed by atoms with Gasteiger partial charge in [0.05, 0.1) is 20.8 Å². The molecule has 0 saturated carbocycles. The molecule has 0 bridgehead atoms. The number of para-hydroxylation sites is 1. The van der Waals surface area contributed by atoms with Gasteiger partial charge >= 0.3 is 12.0 Å². The molecule has 0 unspecified atom stereocenters. The lowest BCUT2D eigenvalue weighted by atomic mass is 10.1. The summed E-state index contributed by atoms with van der Waals surface area (Å²) in [5.74, 6) is 0.0305. The number of ether oxygens (including phenoxy) is 4. The largest absolute Gasteiger partial charge is 0.480 e. The van der Waals surface area contributed by atoms with Gasteiger partial charge in [0, 0.05) is 0 Å². The molecule has 1 aromatic heterocycles. The number of benzene rings is 1. The first-order valence-electron chi connectivity index (χ1n) is 7.61. The average molecular weight is 367 g/mol. The van der Waals surface area contributed by atoms with Crippen molar-refractivity contribution < 1.29 is 23.7 Å². The number of aryl methyl sites for hydroxylation is 1. The van der Waals surface area contributed by atoms with Crippen LogP contribution in [0.5, 0.6) is 23.5 Å². The summed E-state index contributed by atoms with van der Waals surface area (Å²) in [5.41, 5.74) is 1.01. The third kappa shape index (κ3) is 4.30. The Balaban J connectivity index is 2.42. The van der Waals surface area contributed by atoms with Crippen molar-refractivity contribution in [3.8, 4) is 23.5 Å². The van der Waals surface area contributed by atoms with E-state index < -0.39 is 5.97 Å². The minimum absolute atomic E-state index is 0.0584. The Morgan fingerprint density at radius 1 is 1.16 bits per heavy atom. The number of hydrogen-bond donors (Lipinski definition) is 0. The molecule has 0 aliphatic carbocycles. The maximum atomic E-state index is 12.3. The van der Waals surface area contributed by atoms with Gasteiger partial charge in [-0.3, -0.25) is 0 Å². The summed E-state index contributed by atoms with van der Waals surface area (Å²) in [7, 11) is 2.83. The van der Waals surface area contributed by atoms with Crippen LogP contribution in [0, 0.1) is 6.92 Å². The molecule has 0 spiro atoms. The summed E-state index contributed by atoms with van der Waals surface area (Å²) < 4.78 is 21.1. The van der Waals surface area contributed by atoms with Crippen LogP contribution < -0.4 is 14.2 Å².